The third-order valence-corrected chi connectivity index (χ3v) is 21.5. The quantitative estimate of drug-likeness (QED) is 0.0318. The van der Waals surface area contributed by atoms with Crippen molar-refractivity contribution in [2.24, 2.45) is 0 Å². The minimum absolute atomic E-state index is 0.836. The highest BCUT2D eigenvalue weighted by Crippen LogP contribution is 2.41. The summed E-state index contributed by atoms with van der Waals surface area (Å²) in [5, 5.41) is 242. The molecule has 0 saturated carbocycles. The van der Waals surface area contributed by atoms with Gasteiger partial charge in [0.2, 0.25) is 41.4 Å². The number of nitrogens with one attached hydrogen (secondary N) is 7. The van der Waals surface area contributed by atoms with Crippen molar-refractivity contribution in [1.29, 1.82) is 0 Å². The van der Waals surface area contributed by atoms with Crippen LogP contribution < -0.4 is 37.2 Å². The number of carbonyl (C=O) groups excluding carboxylic acids is 7. The van der Waals surface area contributed by atoms with Gasteiger partial charge in [-0.15, -0.1) is 0 Å². The van der Waals surface area contributed by atoms with E-state index in [1.165, 1.54) is 13.8 Å². The van der Waals surface area contributed by atoms with Crippen molar-refractivity contribution in [2.45, 2.75) is 338 Å². The summed E-state index contributed by atoms with van der Waals surface area (Å²) in [6.45, 7) is 1.74. The lowest BCUT2D eigenvalue weighted by atomic mass is 9.92. The van der Waals surface area contributed by atoms with Crippen LogP contribution in [-0.2, 0) is 114 Å². The molecule has 9 aliphatic heterocycles. The molecule has 51 nitrogen and oxygen atoms in total. The normalized spacial score (nSPS) is 46.5. The van der Waals surface area contributed by atoms with Crippen molar-refractivity contribution in [3.8, 4) is 0 Å². The highest BCUT2D eigenvalue weighted by molar-refractivity contribution is 5.75. The van der Waals surface area contributed by atoms with Crippen molar-refractivity contribution >= 4 is 41.4 Å². The number of rotatable bonds is 30. The number of hydrogen-bond acceptors (Lipinski definition) is 44. The second kappa shape index (κ2) is 42.7. The molecule has 0 unspecified atom stereocenters. The maximum absolute atomic E-state index is 13.9. The Morgan fingerprint density at radius 1 is 0.235 bits per heavy atom. The van der Waals surface area contributed by atoms with Gasteiger partial charge < -0.3 is 220 Å². The Morgan fingerprint density at radius 3 is 0.782 bits per heavy atom. The maximum atomic E-state index is 13.9. The molecule has 0 aliphatic carbocycles. The van der Waals surface area contributed by atoms with Gasteiger partial charge in [-0.1, -0.05) is 0 Å². The second-order valence-corrected chi connectivity index (χ2v) is 30.3. The van der Waals surface area contributed by atoms with Crippen molar-refractivity contribution in [1.82, 2.24) is 37.2 Å². The summed E-state index contributed by atoms with van der Waals surface area (Å²) in [6.07, 6.45) is -75.9. The summed E-state index contributed by atoms with van der Waals surface area (Å²) in [5.41, 5.74) is 0. The molecule has 0 bridgehead atoms. The number of hydrogen-bond donors (Lipinski definition) is 27. The first-order valence-corrected chi connectivity index (χ1v) is 38.3. The van der Waals surface area contributed by atoms with Gasteiger partial charge in [0.05, 0.1) is 58.5 Å². The lowest BCUT2D eigenvalue weighted by Crippen LogP contribution is -2.73. The number of ether oxygens (including phenoxy) is 17. The molecule has 119 heavy (non-hydrogen) atoms. The Bertz CT molecular complexity index is 3320. The first-order valence-electron chi connectivity index (χ1n) is 38.3. The average Bonchev–Trinajstić information content (AvgIpc) is 0.761. The molecule has 7 amide bonds. The molecule has 9 aliphatic rings. The third kappa shape index (κ3) is 22.6. The van der Waals surface area contributed by atoms with E-state index in [1.807, 2.05) is 0 Å². The fourth-order valence-corrected chi connectivity index (χ4v) is 15.5. The predicted octanol–water partition coefficient (Wildman–Crippen LogP) is -17.6. The zero-order valence-corrected chi connectivity index (χ0v) is 65.7. The molecule has 9 fully saturated rings. The van der Waals surface area contributed by atoms with Crippen LogP contribution in [0.3, 0.4) is 0 Å². The largest absolute Gasteiger partial charge is 0.394 e. The van der Waals surface area contributed by atoms with E-state index in [0.29, 0.717) is 0 Å². The van der Waals surface area contributed by atoms with Crippen LogP contribution in [-0.4, -0.2) is 466 Å². The van der Waals surface area contributed by atoms with E-state index >= 15 is 0 Å². The van der Waals surface area contributed by atoms with Gasteiger partial charge in [-0.3, -0.25) is 33.6 Å². The van der Waals surface area contributed by atoms with Crippen LogP contribution in [0, 0.1) is 0 Å². The monoisotopic (exact) mass is 1730 g/mol. The van der Waals surface area contributed by atoms with E-state index in [0.717, 1.165) is 48.5 Å². The molecule has 9 heterocycles. The summed E-state index contributed by atoms with van der Waals surface area (Å²) < 4.78 is 106. The van der Waals surface area contributed by atoms with Crippen LogP contribution in [0.5, 0.6) is 0 Å². The van der Waals surface area contributed by atoms with Crippen molar-refractivity contribution in [3.05, 3.63) is 0 Å². The topological polar surface area (TPSA) is 765 Å². The molecule has 0 spiro atoms. The zero-order valence-electron chi connectivity index (χ0n) is 65.7. The molecule has 27 N–H and O–H groups in total. The lowest BCUT2D eigenvalue weighted by molar-refractivity contribution is -0.389. The van der Waals surface area contributed by atoms with E-state index in [4.69, 9.17) is 80.5 Å². The molecule has 0 radical (unpaired) electrons. The first kappa shape index (κ1) is 97.6. The van der Waals surface area contributed by atoms with E-state index < -0.39 is 364 Å². The van der Waals surface area contributed by atoms with Gasteiger partial charge in [0.25, 0.3) is 0 Å². The Kier molecular flexibility index (Phi) is 35.0. The van der Waals surface area contributed by atoms with Gasteiger partial charge in [-0.25, -0.2) is 0 Å². The third-order valence-electron chi connectivity index (χ3n) is 21.5. The molecule has 0 aromatic carbocycles. The summed E-state index contributed by atoms with van der Waals surface area (Å²) in [4.78, 5) is 91.7. The summed E-state index contributed by atoms with van der Waals surface area (Å²) >= 11 is 0. The van der Waals surface area contributed by atoms with Crippen molar-refractivity contribution in [3.63, 3.8) is 0 Å². The number of carbonyl (C=O) groups is 7. The SMILES string of the molecule is CC(=O)N[C@@H]1[C@@H](O[C@@H]2O[C@H](CO)[C@@H](O[C@@H]3O[C@H](CO)[C@H](O)[C@H](O)[C@H]3NC(C)=O)[C@H](O[C@@H]3O[C@@H](C)[C@@H](O)[C@@H](O)[C@@H]3O[C@H]3O[C@H](CO)[C@H](O)[C@H](O)[C@H]3NC(C)=O)[C@H]2NC(C)=O)[C@@H](O)[C@@H](CO[C@@H]2O[C@H](CO)[C@@H](O[C@@H]3O[C@H](CO)[C@H](O)[C@H](O)[C@H]3NC(C)=O)[C@H](O[C@@H]3O[C@@H](C)[C@@H](O)[C@@H](O)[C@@H]3O[C@H]3O[C@H](CO)[C@H](O)[C@H](O)[C@H]3NC(C)=O)[C@H]2NC(C)=O)O[C@@H]1O. The molecular formula is C68H113N7O44. The molecule has 51 heteroatoms. The second-order valence-electron chi connectivity index (χ2n) is 30.3. The fourth-order valence-electron chi connectivity index (χ4n) is 15.5. The van der Waals surface area contributed by atoms with Crippen LogP contribution >= 0.6 is 0 Å². The Hall–Kier alpha value is -5.19. The highest BCUT2D eigenvalue weighted by Gasteiger charge is 2.62. The summed E-state index contributed by atoms with van der Waals surface area (Å²) in [5.74, 6) is -6.37. The van der Waals surface area contributed by atoms with Crippen LogP contribution in [0.15, 0.2) is 0 Å². The van der Waals surface area contributed by atoms with Gasteiger partial charge in [0.15, 0.2) is 56.6 Å². The van der Waals surface area contributed by atoms with E-state index in [9.17, 15) is 136 Å². The Labute approximate surface area is 677 Å². The number of amides is 7. The minimum Gasteiger partial charge on any atom is -0.394 e. The predicted molar refractivity (Wildman–Crippen MR) is 375 cm³/mol. The maximum Gasteiger partial charge on any atom is 0.217 e. The molecule has 9 rings (SSSR count). The first-order chi connectivity index (χ1) is 56.1. The minimum atomic E-state index is -2.35. The van der Waals surface area contributed by atoms with E-state index in [1.54, 1.807) is 0 Å². The van der Waals surface area contributed by atoms with Crippen LogP contribution in [0.2, 0.25) is 0 Å². The molecule has 9 saturated heterocycles. The Morgan fingerprint density at radius 2 is 0.479 bits per heavy atom. The molecular weight excluding hydrogens is 1620 g/mol. The summed E-state index contributed by atoms with van der Waals surface area (Å²) in [7, 11) is 0. The zero-order chi connectivity index (χ0) is 87.9. The molecule has 45 atom stereocenters. The van der Waals surface area contributed by atoms with Crippen LogP contribution in [0.1, 0.15) is 62.3 Å². The van der Waals surface area contributed by atoms with Gasteiger partial charge >= 0.3 is 0 Å². The van der Waals surface area contributed by atoms with Gasteiger partial charge in [0.1, 0.15) is 207 Å². The molecule has 0 aromatic heterocycles. The summed E-state index contributed by atoms with van der Waals surface area (Å²) in [6, 6.07) is -13.1. The Balaban J connectivity index is 1.11. The highest BCUT2D eigenvalue weighted by atomic mass is 16.8. The van der Waals surface area contributed by atoms with Gasteiger partial charge in [-0.05, 0) is 13.8 Å². The lowest BCUT2D eigenvalue weighted by Gasteiger charge is -2.52. The fraction of sp³-hybridized carbons (Fsp3) is 0.897. The van der Waals surface area contributed by atoms with Crippen LogP contribution in [0.4, 0.5) is 0 Å². The standard InChI is InChI=1S/C68H113N7O44/c1-17-40(89)51(100)58(118-64-35(71-21(5)84)49(98)44(93)28(12-78)109-64)67(104-17)116-56-38(74-24(8)87)61(111-30(14-80)53(56)113-62-33(69-19(3)82)47(96)42(91)26(10-76)107-62)103-16-32-46(95)55(37(60(102)106-32)73-23(7)86)115-66-39(75-25(9)88)57(54(31(15-81)112-66)114-63-34(70-20(4)83)48(97)43(92)27(11-77)108-63)117-68-59(52(101)41(90)18(2)105-68)119-65-36(72-22(6)85)50(99)45(94)29(13-79)110-65/h17-18,26-68,76-81,89-102H,10-16H2,1-9H3,(H,69,82)(H,70,83)(H,71,84)(H,72,85)(H,73,86)(H,74,87)(H,75,88)/t17-,18-,26+,27+,28+,29+,30+,31+,32+,33+,34+,35+,36+,37+,38+,39+,40+,41+,42-,43-,44-,45-,46-,47+,48+,49+,50+,51+,52+,53+,54+,55+,56+,57+,58-,59-,60-,61+,62-,63-,64+,65+,66-,67-,68-/m0/s1. The molecule has 684 valence electrons. The van der Waals surface area contributed by atoms with Gasteiger partial charge in [0, 0.05) is 48.5 Å². The van der Waals surface area contributed by atoms with Crippen LogP contribution in [0.25, 0.3) is 0 Å². The van der Waals surface area contributed by atoms with E-state index in [-0.39, 0.29) is 0 Å². The number of aliphatic hydroxyl groups is 20. The number of aliphatic hydroxyl groups excluding tert-OH is 20. The smallest absolute Gasteiger partial charge is 0.217 e. The average molecular weight is 1730 g/mol. The molecule has 0 aromatic rings. The van der Waals surface area contributed by atoms with E-state index in [2.05, 4.69) is 37.2 Å². The van der Waals surface area contributed by atoms with Crippen molar-refractivity contribution < 1.29 is 216 Å². The van der Waals surface area contributed by atoms with Gasteiger partial charge in [-0.2, -0.15) is 0 Å². The van der Waals surface area contributed by atoms with Crippen molar-refractivity contribution in [2.75, 3.05) is 46.2 Å².